The Labute approximate surface area is 113 Å². The van der Waals surface area contributed by atoms with E-state index in [0.717, 1.165) is 31.2 Å². The Kier molecular flexibility index (Phi) is 5.30. The predicted octanol–water partition coefficient (Wildman–Crippen LogP) is 2.78. The summed E-state index contributed by atoms with van der Waals surface area (Å²) in [6, 6.07) is 10.5. The molecule has 2 aromatic rings. The van der Waals surface area contributed by atoms with Gasteiger partial charge in [0.1, 0.15) is 5.82 Å². The molecular formula is C14H19N3S. The number of hydrogen-bond donors (Lipinski definition) is 1. The summed E-state index contributed by atoms with van der Waals surface area (Å²) in [7, 11) is 0. The maximum Gasteiger partial charge on any atom is 0.122 e. The van der Waals surface area contributed by atoms with Crippen molar-refractivity contribution in [1.29, 1.82) is 0 Å². The largest absolute Gasteiger partial charge is 0.333 e. The van der Waals surface area contributed by atoms with E-state index in [4.69, 9.17) is 0 Å². The summed E-state index contributed by atoms with van der Waals surface area (Å²) in [6.45, 7) is 4.93. The Morgan fingerprint density at radius 2 is 2.11 bits per heavy atom. The molecule has 0 fully saturated rings. The lowest BCUT2D eigenvalue weighted by Gasteiger charge is -2.08. The molecule has 1 aromatic heterocycles. The average Bonchev–Trinajstić information content (AvgIpc) is 2.85. The number of nitrogens with one attached hydrogen (secondary N) is 1. The minimum absolute atomic E-state index is 0.847. The van der Waals surface area contributed by atoms with Crippen LogP contribution in [0.2, 0.25) is 0 Å². The van der Waals surface area contributed by atoms with Crippen molar-refractivity contribution in [2.75, 3.05) is 12.3 Å². The molecule has 0 aliphatic carbocycles. The molecular weight excluding hydrogens is 242 g/mol. The van der Waals surface area contributed by atoms with Crippen LogP contribution in [0.1, 0.15) is 12.7 Å². The molecule has 2 rings (SSSR count). The second-order valence-electron chi connectivity index (χ2n) is 3.98. The van der Waals surface area contributed by atoms with Crippen molar-refractivity contribution < 1.29 is 0 Å². The van der Waals surface area contributed by atoms with Crippen molar-refractivity contribution >= 4 is 11.8 Å². The van der Waals surface area contributed by atoms with E-state index < -0.39 is 0 Å². The Morgan fingerprint density at radius 3 is 2.89 bits per heavy atom. The number of aryl methyl sites for hydroxylation is 1. The zero-order valence-corrected chi connectivity index (χ0v) is 11.5. The van der Waals surface area contributed by atoms with Crippen LogP contribution in [0.15, 0.2) is 47.6 Å². The Morgan fingerprint density at radius 1 is 1.28 bits per heavy atom. The van der Waals surface area contributed by atoms with Crippen LogP contribution in [-0.4, -0.2) is 21.8 Å². The third-order valence-electron chi connectivity index (χ3n) is 2.68. The van der Waals surface area contributed by atoms with E-state index in [1.165, 1.54) is 4.90 Å². The summed E-state index contributed by atoms with van der Waals surface area (Å²) in [6.07, 6.45) is 3.93. The summed E-state index contributed by atoms with van der Waals surface area (Å²) in [5.74, 6) is 2.19. The minimum atomic E-state index is 0.847. The van der Waals surface area contributed by atoms with Gasteiger partial charge >= 0.3 is 0 Å². The van der Waals surface area contributed by atoms with Crippen molar-refractivity contribution in [1.82, 2.24) is 14.9 Å². The SMILES string of the molecule is CCNCc1nccn1CCSc1ccccc1. The molecule has 0 saturated carbocycles. The Bertz CT molecular complexity index is 453. The molecule has 96 valence electrons. The van der Waals surface area contributed by atoms with E-state index in [9.17, 15) is 0 Å². The van der Waals surface area contributed by atoms with Gasteiger partial charge in [-0.15, -0.1) is 11.8 Å². The van der Waals surface area contributed by atoms with Gasteiger partial charge < -0.3 is 9.88 Å². The second-order valence-corrected chi connectivity index (χ2v) is 5.15. The van der Waals surface area contributed by atoms with Gasteiger partial charge in [0.05, 0.1) is 6.54 Å². The van der Waals surface area contributed by atoms with Crippen molar-refractivity contribution in [3.05, 3.63) is 48.5 Å². The predicted molar refractivity (Wildman–Crippen MR) is 76.8 cm³/mol. The molecule has 0 amide bonds. The molecule has 1 heterocycles. The molecule has 0 radical (unpaired) electrons. The maximum atomic E-state index is 4.37. The zero-order valence-electron chi connectivity index (χ0n) is 10.7. The molecule has 0 spiro atoms. The molecule has 0 aliphatic heterocycles. The highest BCUT2D eigenvalue weighted by Gasteiger charge is 2.01. The fourth-order valence-corrected chi connectivity index (χ4v) is 2.60. The van der Waals surface area contributed by atoms with Crippen LogP contribution in [-0.2, 0) is 13.1 Å². The fraction of sp³-hybridized carbons (Fsp3) is 0.357. The third kappa shape index (κ3) is 3.89. The molecule has 0 bridgehead atoms. The van der Waals surface area contributed by atoms with Gasteiger partial charge in [-0.05, 0) is 18.7 Å². The number of hydrogen-bond acceptors (Lipinski definition) is 3. The number of thioether (sulfide) groups is 1. The summed E-state index contributed by atoms with van der Waals surface area (Å²) >= 11 is 1.88. The molecule has 18 heavy (non-hydrogen) atoms. The van der Waals surface area contributed by atoms with Gasteiger partial charge in [0.25, 0.3) is 0 Å². The van der Waals surface area contributed by atoms with Gasteiger partial charge in [-0.1, -0.05) is 25.1 Å². The number of aromatic nitrogens is 2. The van der Waals surface area contributed by atoms with Crippen molar-refractivity contribution in [3.8, 4) is 0 Å². The van der Waals surface area contributed by atoms with Crippen LogP contribution in [0.3, 0.4) is 0 Å². The van der Waals surface area contributed by atoms with Crippen LogP contribution in [0.4, 0.5) is 0 Å². The van der Waals surface area contributed by atoms with Gasteiger partial charge in [-0.3, -0.25) is 0 Å². The van der Waals surface area contributed by atoms with E-state index in [1.54, 1.807) is 0 Å². The van der Waals surface area contributed by atoms with Gasteiger partial charge in [-0.2, -0.15) is 0 Å². The molecule has 1 N–H and O–H groups in total. The standard InChI is InChI=1S/C14H19N3S/c1-2-15-12-14-16-8-9-17(14)10-11-18-13-6-4-3-5-7-13/h3-9,15H,2,10-12H2,1H3. The first-order valence-electron chi connectivity index (χ1n) is 6.28. The third-order valence-corrected chi connectivity index (χ3v) is 3.67. The molecule has 0 atom stereocenters. The summed E-state index contributed by atoms with van der Waals surface area (Å²) in [5.41, 5.74) is 0. The topological polar surface area (TPSA) is 29.9 Å². The first-order chi connectivity index (χ1) is 8.90. The highest BCUT2D eigenvalue weighted by Crippen LogP contribution is 2.17. The van der Waals surface area contributed by atoms with E-state index in [1.807, 2.05) is 18.0 Å². The lowest BCUT2D eigenvalue weighted by Crippen LogP contribution is -2.16. The van der Waals surface area contributed by atoms with Crippen molar-refractivity contribution in [2.24, 2.45) is 0 Å². The molecule has 3 nitrogen and oxygen atoms in total. The van der Waals surface area contributed by atoms with Crippen LogP contribution in [0, 0.1) is 0 Å². The van der Waals surface area contributed by atoms with Gasteiger partial charge in [0.15, 0.2) is 0 Å². The van der Waals surface area contributed by atoms with Crippen molar-refractivity contribution in [2.45, 2.75) is 24.9 Å². The van der Waals surface area contributed by atoms with Crippen LogP contribution >= 0.6 is 11.8 Å². The van der Waals surface area contributed by atoms with E-state index in [2.05, 4.69) is 58.3 Å². The quantitative estimate of drug-likeness (QED) is 0.777. The number of nitrogens with zero attached hydrogens (tertiary/aromatic N) is 2. The molecule has 1 aromatic carbocycles. The zero-order chi connectivity index (χ0) is 12.6. The van der Waals surface area contributed by atoms with E-state index in [-0.39, 0.29) is 0 Å². The van der Waals surface area contributed by atoms with E-state index >= 15 is 0 Å². The molecule has 0 saturated heterocycles. The number of benzene rings is 1. The number of imidazole rings is 1. The minimum Gasteiger partial charge on any atom is -0.333 e. The van der Waals surface area contributed by atoms with Gasteiger partial charge in [-0.25, -0.2) is 4.98 Å². The highest BCUT2D eigenvalue weighted by atomic mass is 32.2. The van der Waals surface area contributed by atoms with Crippen LogP contribution in [0.5, 0.6) is 0 Å². The average molecular weight is 261 g/mol. The fourth-order valence-electron chi connectivity index (χ4n) is 1.73. The molecule has 0 unspecified atom stereocenters. The van der Waals surface area contributed by atoms with Gasteiger partial charge in [0.2, 0.25) is 0 Å². The molecule has 0 aliphatic rings. The summed E-state index contributed by atoms with van der Waals surface area (Å²) < 4.78 is 2.22. The van der Waals surface area contributed by atoms with Crippen LogP contribution < -0.4 is 5.32 Å². The first-order valence-corrected chi connectivity index (χ1v) is 7.27. The second kappa shape index (κ2) is 7.24. The molecule has 4 heteroatoms. The number of rotatable bonds is 7. The summed E-state index contributed by atoms with van der Waals surface area (Å²) in [5, 5.41) is 3.31. The van der Waals surface area contributed by atoms with Gasteiger partial charge in [0, 0.05) is 29.6 Å². The van der Waals surface area contributed by atoms with Crippen molar-refractivity contribution in [3.63, 3.8) is 0 Å². The lowest BCUT2D eigenvalue weighted by atomic mass is 10.4. The Hall–Kier alpha value is -1.26. The smallest absolute Gasteiger partial charge is 0.122 e. The normalized spacial score (nSPS) is 10.7. The summed E-state index contributed by atoms with van der Waals surface area (Å²) in [4.78, 5) is 5.70. The van der Waals surface area contributed by atoms with Crippen LogP contribution in [0.25, 0.3) is 0 Å². The van der Waals surface area contributed by atoms with E-state index in [0.29, 0.717) is 0 Å². The monoisotopic (exact) mass is 261 g/mol. The first kappa shape index (κ1) is 13.2. The lowest BCUT2D eigenvalue weighted by molar-refractivity contribution is 0.631. The Balaban J connectivity index is 1.81. The maximum absolute atomic E-state index is 4.37. The highest BCUT2D eigenvalue weighted by molar-refractivity contribution is 7.99.